The van der Waals surface area contributed by atoms with Crippen LogP contribution in [0.25, 0.3) is 23.0 Å². The van der Waals surface area contributed by atoms with Crippen molar-refractivity contribution in [3.05, 3.63) is 106 Å². The number of ether oxygens (including phenoxy) is 1. The lowest BCUT2D eigenvalue weighted by Crippen LogP contribution is -2.39. The number of amides is 1. The van der Waals surface area contributed by atoms with Gasteiger partial charge < -0.3 is 4.74 Å². The molecule has 1 aromatic heterocycles. The van der Waals surface area contributed by atoms with Crippen LogP contribution in [0.2, 0.25) is 5.02 Å². The van der Waals surface area contributed by atoms with E-state index >= 15 is 0 Å². The minimum Gasteiger partial charge on any atom is -0.489 e. The third-order valence-corrected chi connectivity index (χ3v) is 8.99. The number of rotatable bonds is 7. The first-order valence-corrected chi connectivity index (χ1v) is 15.1. The molecule has 1 saturated carbocycles. The van der Waals surface area contributed by atoms with Crippen molar-refractivity contribution in [2.45, 2.75) is 44.8 Å². The molecule has 2 fully saturated rings. The fraction of sp³-hybridized carbons (Fsp3) is 0.219. The number of halogens is 1. The van der Waals surface area contributed by atoms with E-state index in [1.165, 1.54) is 18.2 Å². The van der Waals surface area contributed by atoms with Crippen LogP contribution < -0.4 is 4.74 Å². The molecule has 1 amide bonds. The number of carbonyl (C=O) groups excluding carboxylic acids is 1. The first kappa shape index (κ1) is 26.8. The molecule has 4 aromatic rings. The maximum atomic E-state index is 13.5. The second-order valence-electron chi connectivity index (χ2n) is 9.96. The van der Waals surface area contributed by atoms with Crippen LogP contribution in [0.1, 0.15) is 43.2 Å². The highest BCUT2D eigenvalue weighted by atomic mass is 35.5. The number of carbonyl (C=O) groups is 1. The molecule has 1 saturated heterocycles. The smallest absolute Gasteiger partial charge is 0.266 e. The van der Waals surface area contributed by atoms with Gasteiger partial charge in [-0.3, -0.25) is 9.69 Å². The number of aromatic nitrogens is 2. The van der Waals surface area contributed by atoms with Gasteiger partial charge in [-0.15, -0.1) is 0 Å². The zero-order chi connectivity index (χ0) is 27.5. The number of para-hydroxylation sites is 1. The predicted molar refractivity (Wildman–Crippen MR) is 167 cm³/mol. The van der Waals surface area contributed by atoms with E-state index in [0.717, 1.165) is 59.5 Å². The summed E-state index contributed by atoms with van der Waals surface area (Å²) in [6.45, 7) is 0.385. The first-order valence-electron chi connectivity index (χ1n) is 13.5. The highest BCUT2D eigenvalue weighted by Crippen LogP contribution is 2.38. The molecule has 0 radical (unpaired) electrons. The highest BCUT2D eigenvalue weighted by molar-refractivity contribution is 8.26. The standard InChI is InChI=1S/C32H28ClN3O2S2/c33-28-14-8-7-9-23(28)21-38-27-17-15-22(16-18-27)30-24(20-35(34-30)25-10-3-1-4-11-25)19-29-31(37)36(32(39)40-29)26-12-5-2-6-13-26/h1,3-4,7-11,14-20,26H,2,5-6,12-13,21H2/b29-19-. The molecule has 8 heteroatoms. The molecule has 6 rings (SSSR count). The summed E-state index contributed by atoms with van der Waals surface area (Å²) in [5.74, 6) is 0.740. The van der Waals surface area contributed by atoms with Crippen molar-refractivity contribution in [2.24, 2.45) is 0 Å². The van der Waals surface area contributed by atoms with Crippen LogP contribution in [0.3, 0.4) is 0 Å². The molecule has 1 aliphatic heterocycles. The minimum absolute atomic E-state index is 0.00336. The summed E-state index contributed by atoms with van der Waals surface area (Å²) in [4.78, 5) is 16.0. The van der Waals surface area contributed by atoms with E-state index in [0.29, 0.717) is 20.9 Å². The lowest BCUT2D eigenvalue weighted by molar-refractivity contribution is -0.124. The van der Waals surface area contributed by atoms with Crippen molar-refractivity contribution < 1.29 is 9.53 Å². The van der Waals surface area contributed by atoms with Crippen LogP contribution in [0.4, 0.5) is 0 Å². The van der Waals surface area contributed by atoms with Gasteiger partial charge >= 0.3 is 0 Å². The molecule has 40 heavy (non-hydrogen) atoms. The summed E-state index contributed by atoms with van der Waals surface area (Å²) >= 11 is 13.3. The summed E-state index contributed by atoms with van der Waals surface area (Å²) in [6.07, 6.45) is 9.46. The van der Waals surface area contributed by atoms with Crippen LogP contribution >= 0.6 is 35.6 Å². The summed E-state index contributed by atoms with van der Waals surface area (Å²) in [7, 11) is 0. The number of thioether (sulfide) groups is 1. The average Bonchev–Trinajstić information content (AvgIpc) is 3.53. The van der Waals surface area contributed by atoms with Crippen LogP contribution in [0.15, 0.2) is 90.0 Å². The Morgan fingerprint density at radius 1 is 0.975 bits per heavy atom. The molecule has 0 unspecified atom stereocenters. The third kappa shape index (κ3) is 5.73. The molecule has 2 aliphatic rings. The van der Waals surface area contributed by atoms with Gasteiger partial charge in [-0.05, 0) is 61.4 Å². The number of benzene rings is 3. The van der Waals surface area contributed by atoms with Gasteiger partial charge in [0.25, 0.3) is 5.91 Å². The largest absolute Gasteiger partial charge is 0.489 e. The lowest BCUT2D eigenvalue weighted by atomic mass is 9.94. The average molecular weight is 586 g/mol. The van der Waals surface area contributed by atoms with Crippen molar-refractivity contribution in [1.29, 1.82) is 0 Å². The fourth-order valence-corrected chi connectivity index (χ4v) is 6.77. The number of hydrogen-bond donors (Lipinski definition) is 0. The minimum atomic E-state index is 0.00336. The third-order valence-electron chi connectivity index (χ3n) is 7.29. The van der Waals surface area contributed by atoms with E-state index in [9.17, 15) is 4.79 Å². The molecule has 3 aromatic carbocycles. The van der Waals surface area contributed by atoms with E-state index in [2.05, 4.69) is 0 Å². The van der Waals surface area contributed by atoms with Gasteiger partial charge in [0.05, 0.1) is 16.3 Å². The van der Waals surface area contributed by atoms with E-state index in [1.807, 2.05) is 101 Å². The van der Waals surface area contributed by atoms with Crippen LogP contribution in [-0.2, 0) is 11.4 Å². The Morgan fingerprint density at radius 3 is 2.45 bits per heavy atom. The second-order valence-corrected chi connectivity index (χ2v) is 12.0. The SMILES string of the molecule is O=C1/C(=C/c2cn(-c3ccccc3)nc2-c2ccc(OCc3ccccc3Cl)cc2)SC(=S)N1C1CCCCC1. The van der Waals surface area contributed by atoms with E-state index in [-0.39, 0.29) is 11.9 Å². The molecule has 202 valence electrons. The van der Waals surface area contributed by atoms with Gasteiger partial charge in [0.15, 0.2) is 0 Å². The Morgan fingerprint density at radius 2 is 1.70 bits per heavy atom. The second kappa shape index (κ2) is 12.0. The van der Waals surface area contributed by atoms with E-state index in [4.69, 9.17) is 33.7 Å². The normalized spacial score (nSPS) is 17.1. The van der Waals surface area contributed by atoms with Gasteiger partial charge in [-0.1, -0.05) is 91.2 Å². The van der Waals surface area contributed by atoms with Crippen LogP contribution in [0, 0.1) is 0 Å². The van der Waals surface area contributed by atoms with Gasteiger partial charge in [-0.25, -0.2) is 4.68 Å². The number of nitrogens with zero attached hydrogens (tertiary/aromatic N) is 3. The monoisotopic (exact) mass is 585 g/mol. The van der Waals surface area contributed by atoms with Crippen molar-refractivity contribution in [3.63, 3.8) is 0 Å². The maximum Gasteiger partial charge on any atom is 0.266 e. The Kier molecular flexibility index (Phi) is 8.05. The molecule has 2 heterocycles. The zero-order valence-corrected chi connectivity index (χ0v) is 24.2. The molecular weight excluding hydrogens is 558 g/mol. The predicted octanol–water partition coefficient (Wildman–Crippen LogP) is 8.31. The van der Waals surface area contributed by atoms with Crippen molar-refractivity contribution in [2.75, 3.05) is 0 Å². The number of hydrogen-bond acceptors (Lipinski definition) is 5. The molecule has 1 aliphatic carbocycles. The van der Waals surface area contributed by atoms with E-state index < -0.39 is 0 Å². The summed E-state index contributed by atoms with van der Waals surface area (Å²) in [5, 5.41) is 5.61. The molecule has 0 spiro atoms. The molecule has 0 atom stereocenters. The lowest BCUT2D eigenvalue weighted by Gasteiger charge is -2.29. The number of thiocarbonyl (C=S) groups is 1. The Bertz CT molecular complexity index is 1560. The van der Waals surface area contributed by atoms with Gasteiger partial charge in [0, 0.05) is 34.0 Å². The molecule has 5 nitrogen and oxygen atoms in total. The molecule has 0 N–H and O–H groups in total. The van der Waals surface area contributed by atoms with Crippen LogP contribution in [0.5, 0.6) is 5.75 Å². The first-order chi connectivity index (χ1) is 19.6. The van der Waals surface area contributed by atoms with Gasteiger partial charge in [0.1, 0.15) is 16.7 Å². The molecule has 0 bridgehead atoms. The van der Waals surface area contributed by atoms with Crippen molar-refractivity contribution in [1.82, 2.24) is 14.7 Å². The quantitative estimate of drug-likeness (QED) is 0.161. The van der Waals surface area contributed by atoms with Crippen molar-refractivity contribution in [3.8, 4) is 22.7 Å². The van der Waals surface area contributed by atoms with Gasteiger partial charge in [-0.2, -0.15) is 5.10 Å². The fourth-order valence-electron chi connectivity index (χ4n) is 5.19. The zero-order valence-electron chi connectivity index (χ0n) is 21.8. The Labute approximate surface area is 248 Å². The van der Waals surface area contributed by atoms with E-state index in [1.54, 1.807) is 0 Å². The topological polar surface area (TPSA) is 47.4 Å². The van der Waals surface area contributed by atoms with Crippen molar-refractivity contribution >= 4 is 51.9 Å². The Hall–Kier alpha value is -3.39. The summed E-state index contributed by atoms with van der Waals surface area (Å²) in [6, 6.07) is 25.7. The highest BCUT2D eigenvalue weighted by Gasteiger charge is 2.37. The molecular formula is C32H28ClN3O2S2. The van der Waals surface area contributed by atoms with Crippen LogP contribution in [-0.4, -0.2) is 30.9 Å². The van der Waals surface area contributed by atoms with Gasteiger partial charge in [0.2, 0.25) is 0 Å². The maximum absolute atomic E-state index is 13.5. The summed E-state index contributed by atoms with van der Waals surface area (Å²) in [5.41, 5.74) is 4.44. The Balaban J connectivity index is 1.29. The summed E-state index contributed by atoms with van der Waals surface area (Å²) < 4.78 is 8.49.